The van der Waals surface area contributed by atoms with Crippen LogP contribution in [0.5, 0.6) is 0 Å². The minimum atomic E-state index is -3.30. The SMILES string of the molecule is CC1CCCc2ccccc2S(=O)(=O)N1. The van der Waals surface area contributed by atoms with Gasteiger partial charge in [-0.1, -0.05) is 18.2 Å². The van der Waals surface area contributed by atoms with E-state index < -0.39 is 10.0 Å². The number of rotatable bonds is 0. The monoisotopic (exact) mass is 225 g/mol. The van der Waals surface area contributed by atoms with Crippen molar-refractivity contribution in [3.63, 3.8) is 0 Å². The molecule has 0 saturated heterocycles. The Labute approximate surface area is 90.6 Å². The highest BCUT2D eigenvalue weighted by atomic mass is 32.2. The Morgan fingerprint density at radius 1 is 1.33 bits per heavy atom. The van der Waals surface area contributed by atoms with Gasteiger partial charge in [-0.05, 0) is 37.8 Å². The van der Waals surface area contributed by atoms with E-state index >= 15 is 0 Å². The van der Waals surface area contributed by atoms with Crippen molar-refractivity contribution < 1.29 is 8.42 Å². The summed E-state index contributed by atoms with van der Waals surface area (Å²) in [6, 6.07) is 7.26. The van der Waals surface area contributed by atoms with E-state index in [0.29, 0.717) is 4.90 Å². The average Bonchev–Trinajstić information content (AvgIpc) is 2.16. The van der Waals surface area contributed by atoms with Crippen LogP contribution in [0.1, 0.15) is 25.3 Å². The number of sulfonamides is 1. The molecule has 1 N–H and O–H groups in total. The van der Waals surface area contributed by atoms with Crippen molar-refractivity contribution in [2.75, 3.05) is 0 Å². The van der Waals surface area contributed by atoms with Crippen LogP contribution in [0, 0.1) is 0 Å². The van der Waals surface area contributed by atoms with Crippen molar-refractivity contribution in [2.45, 2.75) is 37.1 Å². The first-order valence-electron chi connectivity index (χ1n) is 5.20. The number of hydrogen-bond donors (Lipinski definition) is 1. The smallest absolute Gasteiger partial charge is 0.208 e. The largest absolute Gasteiger partial charge is 0.241 e. The van der Waals surface area contributed by atoms with E-state index in [0.717, 1.165) is 24.8 Å². The van der Waals surface area contributed by atoms with Gasteiger partial charge in [0.15, 0.2) is 0 Å². The summed E-state index contributed by atoms with van der Waals surface area (Å²) < 4.78 is 26.6. The van der Waals surface area contributed by atoms with Crippen LogP contribution >= 0.6 is 0 Å². The van der Waals surface area contributed by atoms with Gasteiger partial charge in [-0.2, -0.15) is 0 Å². The second-order valence-electron chi connectivity index (χ2n) is 4.02. The lowest BCUT2D eigenvalue weighted by atomic mass is 10.1. The molecule has 82 valence electrons. The van der Waals surface area contributed by atoms with Crippen molar-refractivity contribution in [1.29, 1.82) is 0 Å². The number of nitrogens with one attached hydrogen (secondary N) is 1. The lowest BCUT2D eigenvalue weighted by molar-refractivity contribution is 0.526. The highest BCUT2D eigenvalue weighted by molar-refractivity contribution is 7.89. The van der Waals surface area contributed by atoms with Gasteiger partial charge >= 0.3 is 0 Å². The molecule has 1 aliphatic rings. The zero-order valence-electron chi connectivity index (χ0n) is 8.73. The van der Waals surface area contributed by atoms with E-state index in [9.17, 15) is 8.42 Å². The first-order valence-corrected chi connectivity index (χ1v) is 6.68. The number of hydrogen-bond acceptors (Lipinski definition) is 2. The van der Waals surface area contributed by atoms with Crippen LogP contribution in [0.25, 0.3) is 0 Å². The molecule has 1 heterocycles. The Hall–Kier alpha value is -0.870. The third-order valence-corrected chi connectivity index (χ3v) is 4.39. The number of benzene rings is 1. The van der Waals surface area contributed by atoms with Gasteiger partial charge in [-0.25, -0.2) is 13.1 Å². The van der Waals surface area contributed by atoms with E-state index in [1.807, 2.05) is 19.1 Å². The summed E-state index contributed by atoms with van der Waals surface area (Å²) in [7, 11) is -3.30. The number of fused-ring (bicyclic) bond motifs is 1. The maximum Gasteiger partial charge on any atom is 0.241 e. The molecule has 0 aromatic heterocycles. The van der Waals surface area contributed by atoms with Gasteiger partial charge in [0.05, 0.1) is 4.90 Å². The molecule has 1 unspecified atom stereocenters. The van der Waals surface area contributed by atoms with Gasteiger partial charge in [0.25, 0.3) is 0 Å². The summed E-state index contributed by atoms with van der Waals surface area (Å²) in [5.41, 5.74) is 0.928. The fraction of sp³-hybridized carbons (Fsp3) is 0.455. The Morgan fingerprint density at radius 2 is 2.07 bits per heavy atom. The van der Waals surface area contributed by atoms with Crippen LogP contribution in [-0.2, 0) is 16.4 Å². The summed E-state index contributed by atoms with van der Waals surface area (Å²) in [5.74, 6) is 0. The maximum atomic E-state index is 11.9. The lowest BCUT2D eigenvalue weighted by Crippen LogP contribution is -2.34. The molecule has 0 saturated carbocycles. The predicted molar refractivity (Wildman–Crippen MR) is 59.2 cm³/mol. The molecule has 1 atom stereocenters. The van der Waals surface area contributed by atoms with Gasteiger partial charge in [0.1, 0.15) is 0 Å². The molecule has 1 aliphatic heterocycles. The van der Waals surface area contributed by atoms with Crippen LogP contribution in [0.4, 0.5) is 0 Å². The van der Waals surface area contributed by atoms with Crippen LogP contribution in [0.15, 0.2) is 29.2 Å². The highest BCUT2D eigenvalue weighted by Gasteiger charge is 2.22. The fourth-order valence-corrected chi connectivity index (χ4v) is 3.51. The second-order valence-corrected chi connectivity index (χ2v) is 5.70. The molecule has 0 fully saturated rings. The summed E-state index contributed by atoms with van der Waals surface area (Å²) in [6.07, 6.45) is 2.77. The third-order valence-electron chi connectivity index (χ3n) is 2.70. The molecular formula is C11H15NO2S. The molecule has 4 heteroatoms. The third kappa shape index (κ3) is 2.21. The van der Waals surface area contributed by atoms with Gasteiger partial charge in [0, 0.05) is 6.04 Å². The van der Waals surface area contributed by atoms with E-state index in [1.165, 1.54) is 0 Å². The van der Waals surface area contributed by atoms with Gasteiger partial charge in [0.2, 0.25) is 10.0 Å². The van der Waals surface area contributed by atoms with Crippen molar-refractivity contribution in [1.82, 2.24) is 4.72 Å². The molecule has 0 radical (unpaired) electrons. The quantitative estimate of drug-likeness (QED) is 0.730. The zero-order chi connectivity index (χ0) is 10.9. The Balaban J connectivity index is 2.50. The van der Waals surface area contributed by atoms with Crippen LogP contribution in [-0.4, -0.2) is 14.5 Å². The fourth-order valence-electron chi connectivity index (χ4n) is 1.96. The van der Waals surface area contributed by atoms with Crippen molar-refractivity contribution in [3.05, 3.63) is 29.8 Å². The van der Waals surface area contributed by atoms with Gasteiger partial charge < -0.3 is 0 Å². The second kappa shape index (κ2) is 3.94. The van der Waals surface area contributed by atoms with Gasteiger partial charge in [-0.15, -0.1) is 0 Å². The van der Waals surface area contributed by atoms with E-state index in [2.05, 4.69) is 4.72 Å². The highest BCUT2D eigenvalue weighted by Crippen LogP contribution is 2.21. The van der Waals surface area contributed by atoms with Crippen LogP contribution in [0.2, 0.25) is 0 Å². The van der Waals surface area contributed by atoms with Crippen molar-refractivity contribution >= 4 is 10.0 Å². The Kier molecular flexibility index (Phi) is 2.80. The average molecular weight is 225 g/mol. The molecule has 1 aromatic rings. The molecule has 15 heavy (non-hydrogen) atoms. The lowest BCUT2D eigenvalue weighted by Gasteiger charge is -2.19. The first kappa shape index (κ1) is 10.6. The standard InChI is InChI=1S/C11H15NO2S/c1-9-5-4-7-10-6-2-3-8-11(10)15(13,14)12-9/h2-3,6,8-9,12H,4-5,7H2,1H3. The minimum Gasteiger partial charge on any atom is -0.208 e. The topological polar surface area (TPSA) is 46.2 Å². The summed E-state index contributed by atoms with van der Waals surface area (Å²) in [4.78, 5) is 0.441. The van der Waals surface area contributed by atoms with E-state index in [1.54, 1.807) is 12.1 Å². The molecule has 0 bridgehead atoms. The summed E-state index contributed by atoms with van der Waals surface area (Å²) in [6.45, 7) is 1.91. The summed E-state index contributed by atoms with van der Waals surface area (Å²) >= 11 is 0. The normalized spacial score (nSPS) is 25.0. The Bertz CT molecular complexity index is 453. The van der Waals surface area contributed by atoms with Gasteiger partial charge in [-0.3, -0.25) is 0 Å². The first-order chi connectivity index (χ1) is 7.09. The van der Waals surface area contributed by atoms with E-state index in [-0.39, 0.29) is 6.04 Å². The summed E-state index contributed by atoms with van der Waals surface area (Å²) in [5, 5.41) is 0. The minimum absolute atomic E-state index is 0.0309. The molecule has 3 nitrogen and oxygen atoms in total. The van der Waals surface area contributed by atoms with E-state index in [4.69, 9.17) is 0 Å². The molecule has 2 rings (SSSR count). The molecule has 1 aromatic carbocycles. The van der Waals surface area contributed by atoms with Crippen molar-refractivity contribution in [2.24, 2.45) is 0 Å². The Morgan fingerprint density at radius 3 is 2.87 bits per heavy atom. The maximum absolute atomic E-state index is 11.9. The van der Waals surface area contributed by atoms with Crippen molar-refractivity contribution in [3.8, 4) is 0 Å². The zero-order valence-corrected chi connectivity index (χ0v) is 9.55. The van der Waals surface area contributed by atoms with Crippen LogP contribution in [0.3, 0.4) is 0 Å². The molecule has 0 spiro atoms. The number of aryl methyl sites for hydroxylation is 1. The molecule has 0 aliphatic carbocycles. The molecule has 0 amide bonds. The van der Waals surface area contributed by atoms with Crippen LogP contribution < -0.4 is 4.72 Å². The predicted octanol–water partition coefficient (Wildman–Crippen LogP) is 1.69. The molecular weight excluding hydrogens is 210 g/mol.